The van der Waals surface area contributed by atoms with Gasteiger partial charge in [-0.1, -0.05) is 25.9 Å². The third-order valence-corrected chi connectivity index (χ3v) is 3.19. The predicted molar refractivity (Wildman–Crippen MR) is 77.7 cm³/mol. The van der Waals surface area contributed by atoms with E-state index in [2.05, 4.69) is 10.5 Å². The van der Waals surface area contributed by atoms with Crippen LogP contribution in [0.1, 0.15) is 45.2 Å². The zero-order valence-corrected chi connectivity index (χ0v) is 12.8. The molecule has 0 fully saturated rings. The largest absolute Gasteiger partial charge is 0.463 e. The van der Waals surface area contributed by atoms with Gasteiger partial charge >= 0.3 is 0 Å². The van der Waals surface area contributed by atoms with Crippen LogP contribution in [0.25, 0.3) is 0 Å². The van der Waals surface area contributed by atoms with Crippen LogP contribution in [0.5, 0.6) is 0 Å². The van der Waals surface area contributed by atoms with Crippen molar-refractivity contribution in [2.24, 2.45) is 0 Å². The van der Waals surface area contributed by atoms with Crippen molar-refractivity contribution in [3.8, 4) is 0 Å². The number of nitrogens with one attached hydrogen (secondary N) is 1. The molecular weight excluding hydrogens is 270 g/mol. The highest BCUT2D eigenvalue weighted by molar-refractivity contribution is 5.90. The number of amides is 1. The Balaban J connectivity index is 1.83. The molecule has 2 aromatic heterocycles. The van der Waals surface area contributed by atoms with Gasteiger partial charge in [-0.2, -0.15) is 0 Å². The first-order chi connectivity index (χ1) is 9.86. The van der Waals surface area contributed by atoms with Gasteiger partial charge in [0.25, 0.3) is 5.91 Å². The van der Waals surface area contributed by atoms with E-state index in [0.29, 0.717) is 5.88 Å². The number of nitrogens with two attached hydrogens (primary N) is 1. The zero-order chi connectivity index (χ0) is 15.5. The number of carbonyl (C=O) groups is 1. The third kappa shape index (κ3) is 4.19. The van der Waals surface area contributed by atoms with Gasteiger partial charge in [-0.05, 0) is 19.1 Å². The van der Waals surface area contributed by atoms with Crippen LogP contribution in [-0.2, 0) is 10.2 Å². The first kappa shape index (κ1) is 15.3. The Morgan fingerprint density at radius 1 is 1.48 bits per heavy atom. The van der Waals surface area contributed by atoms with E-state index in [1.54, 1.807) is 12.3 Å². The fourth-order valence-electron chi connectivity index (χ4n) is 1.83. The van der Waals surface area contributed by atoms with Crippen molar-refractivity contribution in [1.29, 1.82) is 0 Å². The van der Waals surface area contributed by atoms with Crippen molar-refractivity contribution >= 4 is 11.8 Å². The second-order valence-corrected chi connectivity index (χ2v) is 6.12. The van der Waals surface area contributed by atoms with E-state index < -0.39 is 0 Å². The van der Waals surface area contributed by atoms with Crippen molar-refractivity contribution in [3.05, 3.63) is 35.9 Å². The van der Waals surface area contributed by atoms with Crippen LogP contribution in [-0.4, -0.2) is 17.6 Å². The van der Waals surface area contributed by atoms with E-state index in [1.807, 2.05) is 45.1 Å². The molecule has 21 heavy (non-hydrogen) atoms. The molecule has 2 aromatic rings. The Hall–Kier alpha value is -2.08. The number of quaternary nitrogens is 1. The highest BCUT2D eigenvalue weighted by atomic mass is 16.5. The maximum absolute atomic E-state index is 11.9. The average molecular weight is 292 g/mol. The zero-order valence-electron chi connectivity index (χ0n) is 12.8. The minimum absolute atomic E-state index is 0.0885. The van der Waals surface area contributed by atoms with E-state index >= 15 is 0 Å². The first-order valence-corrected chi connectivity index (χ1v) is 7.00. The average Bonchev–Trinajstić information content (AvgIpc) is 3.05. The van der Waals surface area contributed by atoms with Crippen LogP contribution in [0.2, 0.25) is 0 Å². The van der Waals surface area contributed by atoms with Gasteiger partial charge in [0.1, 0.15) is 6.04 Å². The molecule has 0 aliphatic heterocycles. The molecule has 6 nitrogen and oxygen atoms in total. The maximum atomic E-state index is 11.9. The molecule has 0 bridgehead atoms. The second-order valence-electron chi connectivity index (χ2n) is 6.12. The molecule has 0 unspecified atom stereocenters. The summed E-state index contributed by atoms with van der Waals surface area (Å²) in [7, 11) is 0. The van der Waals surface area contributed by atoms with Gasteiger partial charge in [0.05, 0.1) is 12.0 Å². The standard InChI is InChI=1S/C15H21N3O3/c1-10(11-6-5-7-20-11)16-9-13(19)17-14-8-12(18-21-14)15(2,3)4/h5-8,10,16H,9H2,1-4H3,(H,17,19)/p+1/t10-/m1/s1. The van der Waals surface area contributed by atoms with Gasteiger partial charge in [-0.3, -0.25) is 10.1 Å². The quantitative estimate of drug-likeness (QED) is 0.880. The topological polar surface area (TPSA) is 84.9 Å². The fraction of sp³-hybridized carbons (Fsp3) is 0.467. The summed E-state index contributed by atoms with van der Waals surface area (Å²) in [5, 5.41) is 8.56. The Bertz CT molecular complexity index is 582. The molecule has 0 spiro atoms. The molecule has 0 saturated heterocycles. The van der Waals surface area contributed by atoms with Crippen molar-refractivity contribution in [2.75, 3.05) is 11.9 Å². The van der Waals surface area contributed by atoms with E-state index in [9.17, 15) is 4.79 Å². The predicted octanol–water partition coefficient (Wildman–Crippen LogP) is 1.83. The number of nitrogens with zero attached hydrogens (tertiary/aromatic N) is 1. The summed E-state index contributed by atoms with van der Waals surface area (Å²) in [6, 6.07) is 5.58. The molecule has 1 atom stereocenters. The highest BCUT2D eigenvalue weighted by Crippen LogP contribution is 2.23. The van der Waals surface area contributed by atoms with E-state index in [4.69, 9.17) is 8.94 Å². The van der Waals surface area contributed by atoms with Crippen molar-refractivity contribution in [3.63, 3.8) is 0 Å². The highest BCUT2D eigenvalue weighted by Gasteiger charge is 2.20. The smallest absolute Gasteiger partial charge is 0.281 e. The van der Waals surface area contributed by atoms with Gasteiger partial charge < -0.3 is 14.3 Å². The molecule has 6 heteroatoms. The number of hydrogen-bond acceptors (Lipinski definition) is 4. The molecule has 0 aliphatic rings. The Morgan fingerprint density at radius 3 is 2.81 bits per heavy atom. The number of anilines is 1. The van der Waals surface area contributed by atoms with Gasteiger partial charge in [-0.15, -0.1) is 0 Å². The molecule has 114 valence electrons. The minimum atomic E-state index is -0.134. The Labute approximate surface area is 123 Å². The number of aromatic nitrogens is 1. The summed E-state index contributed by atoms with van der Waals surface area (Å²) in [4.78, 5) is 11.9. The van der Waals surface area contributed by atoms with Crippen molar-refractivity contribution in [2.45, 2.75) is 39.2 Å². The lowest BCUT2D eigenvalue weighted by molar-refractivity contribution is -0.684. The molecule has 1 amide bonds. The van der Waals surface area contributed by atoms with Crippen LogP contribution in [0.4, 0.5) is 5.88 Å². The number of hydrogen-bond donors (Lipinski definition) is 2. The number of carbonyl (C=O) groups excluding carboxylic acids is 1. The number of rotatable bonds is 5. The van der Waals surface area contributed by atoms with Gasteiger partial charge in [0, 0.05) is 11.5 Å². The van der Waals surface area contributed by atoms with Gasteiger partial charge in [0.2, 0.25) is 5.88 Å². The van der Waals surface area contributed by atoms with E-state index in [-0.39, 0.29) is 23.9 Å². The first-order valence-electron chi connectivity index (χ1n) is 7.00. The molecule has 3 N–H and O–H groups in total. The molecule has 2 heterocycles. The maximum Gasteiger partial charge on any atom is 0.281 e. The summed E-state index contributed by atoms with van der Waals surface area (Å²) in [5.74, 6) is 1.09. The van der Waals surface area contributed by atoms with Crippen LogP contribution < -0.4 is 10.6 Å². The summed E-state index contributed by atoms with van der Waals surface area (Å²) in [6.45, 7) is 8.38. The van der Waals surface area contributed by atoms with E-state index in [1.165, 1.54) is 0 Å². The third-order valence-electron chi connectivity index (χ3n) is 3.19. The molecule has 0 aromatic carbocycles. The SMILES string of the molecule is C[C@@H]([NH2+]CC(=O)Nc1cc(C(C)(C)C)no1)c1ccco1. The number of furan rings is 1. The summed E-state index contributed by atoms with van der Waals surface area (Å²) in [5.41, 5.74) is 0.706. The molecular formula is C15H22N3O3+. The van der Waals surface area contributed by atoms with E-state index in [0.717, 1.165) is 11.5 Å². The van der Waals surface area contributed by atoms with Crippen LogP contribution >= 0.6 is 0 Å². The normalized spacial score (nSPS) is 13.1. The fourth-order valence-corrected chi connectivity index (χ4v) is 1.83. The Kier molecular flexibility index (Phi) is 4.47. The molecule has 2 rings (SSSR count). The summed E-state index contributed by atoms with van der Waals surface area (Å²) >= 11 is 0. The monoisotopic (exact) mass is 292 g/mol. The lowest BCUT2D eigenvalue weighted by Gasteiger charge is -2.12. The minimum Gasteiger partial charge on any atom is -0.463 e. The second kappa shape index (κ2) is 6.13. The van der Waals surface area contributed by atoms with Gasteiger partial charge in [0.15, 0.2) is 12.3 Å². The van der Waals surface area contributed by atoms with Crippen LogP contribution in [0.3, 0.4) is 0 Å². The van der Waals surface area contributed by atoms with Crippen molar-refractivity contribution < 1.29 is 19.1 Å². The molecule has 0 saturated carbocycles. The lowest BCUT2D eigenvalue weighted by atomic mass is 9.92. The van der Waals surface area contributed by atoms with Crippen LogP contribution in [0, 0.1) is 0 Å². The summed E-state index contributed by atoms with van der Waals surface area (Å²) < 4.78 is 10.4. The van der Waals surface area contributed by atoms with Crippen LogP contribution in [0.15, 0.2) is 33.4 Å². The molecule has 0 radical (unpaired) electrons. The lowest BCUT2D eigenvalue weighted by Crippen LogP contribution is -2.86. The molecule has 0 aliphatic carbocycles. The van der Waals surface area contributed by atoms with Crippen molar-refractivity contribution in [1.82, 2.24) is 5.16 Å². The summed E-state index contributed by atoms with van der Waals surface area (Å²) in [6.07, 6.45) is 1.63. The Morgan fingerprint density at radius 2 is 2.24 bits per heavy atom. The van der Waals surface area contributed by atoms with Gasteiger partial charge in [-0.25, -0.2) is 0 Å².